The summed E-state index contributed by atoms with van der Waals surface area (Å²) in [5.74, 6) is -0.473. The molecule has 0 atom stereocenters. The number of aryl methyl sites for hydroxylation is 2. The topological polar surface area (TPSA) is 64.4 Å². The Morgan fingerprint density at radius 2 is 2.14 bits per heavy atom. The SMILES string of the molecule is Cc1nn(C)c(CC(=O)O)c1OCc1cc(Cl)ccc1Cl. The summed E-state index contributed by atoms with van der Waals surface area (Å²) in [7, 11) is 1.69. The van der Waals surface area contributed by atoms with E-state index in [0.717, 1.165) is 5.56 Å². The van der Waals surface area contributed by atoms with Crippen LogP contribution in [0.3, 0.4) is 0 Å². The average molecular weight is 329 g/mol. The number of carboxylic acid groups (broad SMARTS) is 1. The molecule has 0 saturated heterocycles. The summed E-state index contributed by atoms with van der Waals surface area (Å²) in [5.41, 5.74) is 1.87. The van der Waals surface area contributed by atoms with Gasteiger partial charge >= 0.3 is 5.97 Å². The van der Waals surface area contributed by atoms with Crippen molar-refractivity contribution < 1.29 is 14.6 Å². The largest absolute Gasteiger partial charge is 0.485 e. The van der Waals surface area contributed by atoms with E-state index in [1.54, 1.807) is 32.2 Å². The fourth-order valence-electron chi connectivity index (χ4n) is 2.02. The molecule has 0 spiro atoms. The number of aromatic nitrogens is 2. The lowest BCUT2D eigenvalue weighted by atomic mass is 10.2. The smallest absolute Gasteiger partial charge is 0.309 e. The second kappa shape index (κ2) is 6.37. The summed E-state index contributed by atoms with van der Waals surface area (Å²) >= 11 is 12.0. The second-order valence-electron chi connectivity index (χ2n) is 4.58. The van der Waals surface area contributed by atoms with Gasteiger partial charge in [0.25, 0.3) is 0 Å². The van der Waals surface area contributed by atoms with Crippen LogP contribution in [-0.4, -0.2) is 20.9 Å². The Kier molecular flexibility index (Phi) is 4.75. The molecule has 0 unspecified atom stereocenters. The van der Waals surface area contributed by atoms with Crippen molar-refractivity contribution in [1.29, 1.82) is 0 Å². The molecule has 0 aliphatic carbocycles. The number of carbonyl (C=O) groups is 1. The van der Waals surface area contributed by atoms with Crippen LogP contribution in [0.4, 0.5) is 0 Å². The summed E-state index contributed by atoms with van der Waals surface area (Å²) in [4.78, 5) is 10.9. The van der Waals surface area contributed by atoms with Gasteiger partial charge in [-0.3, -0.25) is 9.48 Å². The molecule has 7 heteroatoms. The first kappa shape index (κ1) is 15.7. The van der Waals surface area contributed by atoms with Gasteiger partial charge in [-0.05, 0) is 25.1 Å². The van der Waals surface area contributed by atoms with Crippen LogP contribution in [0.2, 0.25) is 10.0 Å². The zero-order valence-corrected chi connectivity index (χ0v) is 13.1. The van der Waals surface area contributed by atoms with Gasteiger partial charge in [0.05, 0.1) is 12.1 Å². The summed E-state index contributed by atoms with van der Waals surface area (Å²) in [6.45, 7) is 1.96. The van der Waals surface area contributed by atoms with Crippen LogP contribution >= 0.6 is 23.2 Å². The zero-order chi connectivity index (χ0) is 15.6. The molecule has 1 heterocycles. The van der Waals surface area contributed by atoms with E-state index in [4.69, 9.17) is 33.0 Å². The van der Waals surface area contributed by atoms with Crippen LogP contribution in [0.25, 0.3) is 0 Å². The van der Waals surface area contributed by atoms with Crippen molar-refractivity contribution >= 4 is 29.2 Å². The number of hydrogen-bond acceptors (Lipinski definition) is 3. The molecule has 0 amide bonds. The van der Waals surface area contributed by atoms with Crippen molar-refractivity contribution in [1.82, 2.24) is 9.78 Å². The quantitative estimate of drug-likeness (QED) is 0.915. The maximum Gasteiger partial charge on any atom is 0.309 e. The predicted molar refractivity (Wildman–Crippen MR) is 80.1 cm³/mol. The molecule has 0 aliphatic heterocycles. The first-order valence-corrected chi connectivity index (χ1v) is 6.95. The predicted octanol–water partition coefficient (Wildman–Crippen LogP) is 3.24. The van der Waals surface area contributed by atoms with E-state index in [2.05, 4.69) is 5.10 Å². The molecule has 1 N–H and O–H groups in total. The zero-order valence-electron chi connectivity index (χ0n) is 11.6. The maximum atomic E-state index is 10.9. The number of benzene rings is 1. The molecule has 5 nitrogen and oxygen atoms in total. The van der Waals surface area contributed by atoms with E-state index >= 15 is 0 Å². The lowest BCUT2D eigenvalue weighted by molar-refractivity contribution is -0.136. The summed E-state index contributed by atoms with van der Waals surface area (Å²) < 4.78 is 7.23. The van der Waals surface area contributed by atoms with Gasteiger partial charge in [0, 0.05) is 22.7 Å². The third kappa shape index (κ3) is 3.68. The Bertz CT molecular complexity index is 683. The van der Waals surface area contributed by atoms with E-state index in [-0.39, 0.29) is 13.0 Å². The fourth-order valence-corrected chi connectivity index (χ4v) is 2.38. The highest BCUT2D eigenvalue weighted by Crippen LogP contribution is 2.27. The van der Waals surface area contributed by atoms with E-state index in [0.29, 0.717) is 27.2 Å². The maximum absolute atomic E-state index is 10.9. The minimum atomic E-state index is -0.941. The highest BCUT2D eigenvalue weighted by molar-refractivity contribution is 6.33. The van der Waals surface area contributed by atoms with Gasteiger partial charge in [-0.2, -0.15) is 5.10 Å². The van der Waals surface area contributed by atoms with Crippen molar-refractivity contribution in [3.05, 3.63) is 45.2 Å². The van der Waals surface area contributed by atoms with Gasteiger partial charge in [-0.1, -0.05) is 23.2 Å². The van der Waals surface area contributed by atoms with Crippen LogP contribution < -0.4 is 4.74 Å². The average Bonchev–Trinajstić information content (AvgIpc) is 2.65. The third-order valence-corrected chi connectivity index (χ3v) is 3.58. The molecule has 0 bridgehead atoms. The summed E-state index contributed by atoms with van der Waals surface area (Å²) in [6.07, 6.45) is -0.157. The van der Waals surface area contributed by atoms with Crippen LogP contribution in [0.15, 0.2) is 18.2 Å². The number of ether oxygens (including phenoxy) is 1. The van der Waals surface area contributed by atoms with Crippen molar-refractivity contribution in [2.75, 3.05) is 0 Å². The van der Waals surface area contributed by atoms with E-state index in [1.807, 2.05) is 0 Å². The van der Waals surface area contributed by atoms with Crippen LogP contribution in [0, 0.1) is 6.92 Å². The van der Waals surface area contributed by atoms with Crippen LogP contribution in [0.1, 0.15) is 17.0 Å². The Morgan fingerprint density at radius 1 is 1.43 bits per heavy atom. The summed E-state index contributed by atoms with van der Waals surface area (Å²) in [5, 5.41) is 14.2. The normalized spacial score (nSPS) is 10.7. The van der Waals surface area contributed by atoms with Crippen molar-refractivity contribution in [2.45, 2.75) is 20.0 Å². The van der Waals surface area contributed by atoms with Crippen molar-refractivity contribution in [3.8, 4) is 5.75 Å². The monoisotopic (exact) mass is 328 g/mol. The fraction of sp³-hybridized carbons (Fsp3) is 0.286. The molecule has 112 valence electrons. The standard InChI is InChI=1S/C14H14Cl2N2O3/c1-8-14(12(6-13(19)20)18(2)17-8)21-7-9-5-10(15)3-4-11(9)16/h3-5H,6-7H2,1-2H3,(H,19,20). The van der Waals surface area contributed by atoms with Gasteiger partial charge in [-0.25, -0.2) is 0 Å². The molecule has 1 aromatic heterocycles. The first-order chi connectivity index (χ1) is 9.88. The number of hydrogen-bond donors (Lipinski definition) is 1. The molecule has 0 fully saturated rings. The number of nitrogens with zero attached hydrogens (tertiary/aromatic N) is 2. The molecule has 0 aliphatic rings. The Morgan fingerprint density at radius 3 is 2.81 bits per heavy atom. The number of rotatable bonds is 5. The molecule has 0 saturated carbocycles. The highest BCUT2D eigenvalue weighted by Gasteiger charge is 2.18. The third-order valence-electron chi connectivity index (χ3n) is 2.98. The molecule has 2 rings (SSSR count). The Balaban J connectivity index is 2.23. The van der Waals surface area contributed by atoms with E-state index in [1.165, 1.54) is 4.68 Å². The molecule has 1 aromatic carbocycles. The first-order valence-electron chi connectivity index (χ1n) is 6.19. The van der Waals surface area contributed by atoms with E-state index < -0.39 is 5.97 Å². The van der Waals surface area contributed by atoms with Gasteiger partial charge in [-0.15, -0.1) is 0 Å². The molecular formula is C14H14Cl2N2O3. The minimum Gasteiger partial charge on any atom is -0.485 e. The Labute approximate surface area is 132 Å². The van der Waals surface area contributed by atoms with Gasteiger partial charge in [0.1, 0.15) is 12.3 Å². The van der Waals surface area contributed by atoms with Gasteiger partial charge in [0.15, 0.2) is 5.75 Å². The summed E-state index contributed by atoms with van der Waals surface area (Å²) in [6, 6.07) is 5.10. The molecule has 2 aromatic rings. The highest BCUT2D eigenvalue weighted by atomic mass is 35.5. The number of carboxylic acids is 1. The molecule has 0 radical (unpaired) electrons. The van der Waals surface area contributed by atoms with Crippen LogP contribution in [-0.2, 0) is 24.9 Å². The number of halogens is 2. The van der Waals surface area contributed by atoms with E-state index in [9.17, 15) is 4.79 Å². The van der Waals surface area contributed by atoms with Crippen molar-refractivity contribution in [3.63, 3.8) is 0 Å². The lowest BCUT2D eigenvalue weighted by Gasteiger charge is -2.09. The second-order valence-corrected chi connectivity index (χ2v) is 5.42. The Hall–Kier alpha value is -1.72. The molecular weight excluding hydrogens is 315 g/mol. The van der Waals surface area contributed by atoms with Crippen LogP contribution in [0.5, 0.6) is 5.75 Å². The van der Waals surface area contributed by atoms with Gasteiger partial charge < -0.3 is 9.84 Å². The number of aliphatic carboxylic acids is 1. The van der Waals surface area contributed by atoms with Crippen molar-refractivity contribution in [2.24, 2.45) is 7.05 Å². The minimum absolute atomic E-state index is 0.157. The lowest BCUT2D eigenvalue weighted by Crippen LogP contribution is -2.08. The molecule has 21 heavy (non-hydrogen) atoms. The van der Waals surface area contributed by atoms with Gasteiger partial charge in [0.2, 0.25) is 0 Å².